The van der Waals surface area contributed by atoms with Crippen molar-refractivity contribution in [1.29, 1.82) is 0 Å². The first-order chi connectivity index (χ1) is 12.9. The summed E-state index contributed by atoms with van der Waals surface area (Å²) in [6, 6.07) is 13.2. The van der Waals surface area contributed by atoms with Crippen molar-refractivity contribution in [2.45, 2.75) is 33.2 Å². The molecule has 2 aromatic carbocycles. The minimum Gasteiger partial charge on any atom is -0.355 e. The van der Waals surface area contributed by atoms with Gasteiger partial charge in [-0.3, -0.25) is 14.4 Å². The topological polar surface area (TPSA) is 87.3 Å². The molecule has 0 saturated heterocycles. The quantitative estimate of drug-likeness (QED) is 0.620. The zero-order valence-corrected chi connectivity index (χ0v) is 16.0. The number of amides is 3. The molecule has 6 heteroatoms. The zero-order chi connectivity index (χ0) is 19.8. The summed E-state index contributed by atoms with van der Waals surface area (Å²) in [5.74, 6) is -0.640. The highest BCUT2D eigenvalue weighted by Crippen LogP contribution is 2.19. The van der Waals surface area contributed by atoms with Crippen LogP contribution in [0.25, 0.3) is 10.8 Å². The average Bonchev–Trinajstić information content (AvgIpc) is 2.63. The van der Waals surface area contributed by atoms with E-state index in [2.05, 4.69) is 16.0 Å². The van der Waals surface area contributed by atoms with Crippen LogP contribution in [0.5, 0.6) is 0 Å². The highest BCUT2D eigenvalue weighted by Gasteiger charge is 2.24. The zero-order valence-electron chi connectivity index (χ0n) is 16.0. The Hall–Kier alpha value is -2.89. The summed E-state index contributed by atoms with van der Waals surface area (Å²) < 4.78 is 0. The molecule has 0 aliphatic carbocycles. The van der Waals surface area contributed by atoms with E-state index in [0.717, 1.165) is 16.3 Å². The van der Waals surface area contributed by atoms with Crippen LogP contribution in [0.1, 0.15) is 26.3 Å². The summed E-state index contributed by atoms with van der Waals surface area (Å²) in [6.07, 6.45) is 0.212. The molecule has 1 unspecified atom stereocenters. The average molecular weight is 369 g/mol. The summed E-state index contributed by atoms with van der Waals surface area (Å²) in [5, 5.41) is 10.3. The minimum atomic E-state index is -0.621. The lowest BCUT2D eigenvalue weighted by molar-refractivity contribution is -0.129. The van der Waals surface area contributed by atoms with E-state index >= 15 is 0 Å². The molecule has 27 heavy (non-hydrogen) atoms. The summed E-state index contributed by atoms with van der Waals surface area (Å²) in [6.45, 7) is 5.87. The van der Waals surface area contributed by atoms with Gasteiger partial charge in [0.05, 0.1) is 6.42 Å². The van der Waals surface area contributed by atoms with Crippen molar-refractivity contribution in [2.75, 3.05) is 13.1 Å². The van der Waals surface area contributed by atoms with Crippen molar-refractivity contribution in [2.24, 2.45) is 5.92 Å². The Kier molecular flexibility index (Phi) is 7.34. The van der Waals surface area contributed by atoms with Gasteiger partial charge >= 0.3 is 0 Å². The lowest BCUT2D eigenvalue weighted by Crippen LogP contribution is -2.51. The molecule has 0 aromatic heterocycles. The van der Waals surface area contributed by atoms with Crippen molar-refractivity contribution in [3.8, 4) is 0 Å². The second kappa shape index (κ2) is 9.71. The molecule has 3 N–H and O–H groups in total. The normalized spacial score (nSPS) is 11.9. The van der Waals surface area contributed by atoms with Gasteiger partial charge in [0.15, 0.2) is 0 Å². The number of fused-ring (bicyclic) bond motifs is 1. The van der Waals surface area contributed by atoms with E-state index in [-0.39, 0.29) is 30.1 Å². The predicted molar refractivity (Wildman–Crippen MR) is 106 cm³/mol. The number of carbonyl (C=O) groups is 3. The number of carbonyl (C=O) groups excluding carboxylic acids is 3. The third-order valence-electron chi connectivity index (χ3n) is 4.29. The Morgan fingerprint density at radius 2 is 1.59 bits per heavy atom. The number of hydrogen-bond donors (Lipinski definition) is 3. The van der Waals surface area contributed by atoms with E-state index in [1.54, 1.807) is 0 Å². The Labute approximate surface area is 159 Å². The summed E-state index contributed by atoms with van der Waals surface area (Å²) in [4.78, 5) is 35.8. The van der Waals surface area contributed by atoms with Crippen molar-refractivity contribution < 1.29 is 14.4 Å². The molecule has 0 radical (unpaired) electrons. The molecule has 1 atom stereocenters. The summed E-state index contributed by atoms with van der Waals surface area (Å²) >= 11 is 0. The molecule has 0 aliphatic heterocycles. The largest absolute Gasteiger partial charge is 0.355 e. The van der Waals surface area contributed by atoms with E-state index in [1.807, 2.05) is 56.3 Å². The Bertz CT molecular complexity index is 812. The minimum absolute atomic E-state index is 0.0535. The van der Waals surface area contributed by atoms with Gasteiger partial charge in [0.2, 0.25) is 17.7 Å². The number of benzene rings is 2. The van der Waals surface area contributed by atoms with Crippen molar-refractivity contribution in [3.05, 3.63) is 48.0 Å². The van der Waals surface area contributed by atoms with Gasteiger partial charge < -0.3 is 16.0 Å². The van der Waals surface area contributed by atoms with Gasteiger partial charge in [-0.15, -0.1) is 0 Å². The monoisotopic (exact) mass is 369 g/mol. The van der Waals surface area contributed by atoms with Gasteiger partial charge in [0.25, 0.3) is 0 Å². The third kappa shape index (κ3) is 6.09. The molecular formula is C21H27N3O3. The molecule has 0 fully saturated rings. The van der Waals surface area contributed by atoms with Crippen LogP contribution in [0.15, 0.2) is 42.5 Å². The molecule has 0 heterocycles. The van der Waals surface area contributed by atoms with Gasteiger partial charge in [0.1, 0.15) is 6.04 Å². The first kappa shape index (κ1) is 20.4. The first-order valence-corrected chi connectivity index (χ1v) is 9.16. The first-order valence-electron chi connectivity index (χ1n) is 9.16. The Morgan fingerprint density at radius 3 is 2.30 bits per heavy atom. The molecule has 2 rings (SSSR count). The maximum absolute atomic E-state index is 12.5. The molecule has 144 valence electrons. The van der Waals surface area contributed by atoms with Crippen molar-refractivity contribution >= 4 is 28.5 Å². The number of nitrogens with one attached hydrogen (secondary N) is 3. The van der Waals surface area contributed by atoms with E-state index in [1.165, 1.54) is 6.92 Å². The fourth-order valence-electron chi connectivity index (χ4n) is 2.91. The molecule has 2 aromatic rings. The van der Waals surface area contributed by atoms with Gasteiger partial charge in [-0.25, -0.2) is 0 Å². The maximum atomic E-state index is 12.5. The van der Waals surface area contributed by atoms with Crippen LogP contribution in [0.4, 0.5) is 0 Å². The van der Waals surface area contributed by atoms with Gasteiger partial charge in [-0.05, 0) is 22.3 Å². The van der Waals surface area contributed by atoms with Crippen LogP contribution in [0, 0.1) is 5.92 Å². The van der Waals surface area contributed by atoms with Crippen LogP contribution in [-0.4, -0.2) is 36.9 Å². The molecule has 3 amide bonds. The van der Waals surface area contributed by atoms with Crippen LogP contribution >= 0.6 is 0 Å². The maximum Gasteiger partial charge on any atom is 0.242 e. The second-order valence-corrected chi connectivity index (χ2v) is 6.88. The fraction of sp³-hybridized carbons (Fsp3) is 0.381. The SMILES string of the molecule is CC(=O)NCCNC(=O)C(NC(=O)Cc1cccc2ccccc12)C(C)C. The highest BCUT2D eigenvalue weighted by atomic mass is 16.2. The van der Waals surface area contributed by atoms with E-state index in [4.69, 9.17) is 0 Å². The molecule has 6 nitrogen and oxygen atoms in total. The van der Waals surface area contributed by atoms with E-state index in [9.17, 15) is 14.4 Å². The van der Waals surface area contributed by atoms with Crippen LogP contribution in [0.2, 0.25) is 0 Å². The number of rotatable bonds is 8. The van der Waals surface area contributed by atoms with E-state index < -0.39 is 6.04 Å². The van der Waals surface area contributed by atoms with Gasteiger partial charge in [0, 0.05) is 20.0 Å². The molecule has 0 aliphatic rings. The standard InChI is InChI=1S/C21H27N3O3/c1-14(2)20(21(27)23-12-11-22-15(3)25)24-19(26)13-17-9-6-8-16-7-4-5-10-18(16)17/h4-10,14,20H,11-13H2,1-3H3,(H,22,25)(H,23,27)(H,24,26). The number of hydrogen-bond acceptors (Lipinski definition) is 3. The Morgan fingerprint density at radius 1 is 0.926 bits per heavy atom. The van der Waals surface area contributed by atoms with Crippen LogP contribution in [0.3, 0.4) is 0 Å². The predicted octanol–water partition coefficient (Wildman–Crippen LogP) is 1.78. The lowest BCUT2D eigenvalue weighted by Gasteiger charge is -2.22. The van der Waals surface area contributed by atoms with Gasteiger partial charge in [-0.2, -0.15) is 0 Å². The fourth-order valence-corrected chi connectivity index (χ4v) is 2.91. The van der Waals surface area contributed by atoms with Crippen molar-refractivity contribution in [3.63, 3.8) is 0 Å². The molecule has 0 spiro atoms. The van der Waals surface area contributed by atoms with E-state index in [0.29, 0.717) is 13.1 Å². The Balaban J connectivity index is 1.98. The van der Waals surface area contributed by atoms with Crippen LogP contribution in [-0.2, 0) is 20.8 Å². The molecule has 0 saturated carbocycles. The second-order valence-electron chi connectivity index (χ2n) is 6.88. The van der Waals surface area contributed by atoms with Gasteiger partial charge in [-0.1, -0.05) is 56.3 Å². The van der Waals surface area contributed by atoms with Crippen molar-refractivity contribution in [1.82, 2.24) is 16.0 Å². The molecular weight excluding hydrogens is 342 g/mol. The lowest BCUT2D eigenvalue weighted by atomic mass is 10.0. The van der Waals surface area contributed by atoms with Crippen LogP contribution < -0.4 is 16.0 Å². The third-order valence-corrected chi connectivity index (χ3v) is 4.29. The highest BCUT2D eigenvalue weighted by molar-refractivity contribution is 5.92. The molecule has 0 bridgehead atoms. The summed E-state index contributed by atoms with van der Waals surface area (Å²) in [5.41, 5.74) is 0.930. The smallest absolute Gasteiger partial charge is 0.242 e. The summed E-state index contributed by atoms with van der Waals surface area (Å²) in [7, 11) is 0.